The van der Waals surface area contributed by atoms with Crippen molar-refractivity contribution in [3.63, 3.8) is 0 Å². The minimum Gasteiger partial charge on any atom is -0.456 e. The Labute approximate surface area is 156 Å². The number of ketones is 1. The van der Waals surface area contributed by atoms with Crippen molar-refractivity contribution < 1.29 is 19.1 Å². The van der Waals surface area contributed by atoms with Gasteiger partial charge in [0.15, 0.2) is 6.61 Å². The summed E-state index contributed by atoms with van der Waals surface area (Å²) >= 11 is 5.98. The predicted molar refractivity (Wildman–Crippen MR) is 96.0 cm³/mol. The highest BCUT2D eigenvalue weighted by Gasteiger charge is 2.27. The first kappa shape index (κ1) is 21.2. The van der Waals surface area contributed by atoms with Crippen molar-refractivity contribution in [2.75, 3.05) is 6.61 Å². The molecule has 1 rings (SSSR count). The second-order valence-corrected chi connectivity index (χ2v) is 6.28. The number of esters is 1. The Morgan fingerprint density at radius 3 is 2.42 bits per heavy atom. The van der Waals surface area contributed by atoms with Crippen molar-refractivity contribution >= 4 is 29.3 Å². The molecule has 7 nitrogen and oxygen atoms in total. The standard InChI is InChI=1S/C18H20ClN3O4/c1-10(2)16(22-17(24)12-6-4-5-7-14(12)19)18(25)26-9-15(23)13(8-20)11(3)21/h4-7,10,16H,9,21H2,1-3H3,(H,22,24)/b13-11-/t16-/m0/s1. The van der Waals surface area contributed by atoms with Gasteiger partial charge >= 0.3 is 5.97 Å². The number of Topliss-reactive ketones (excluding diaryl/α,β-unsaturated/α-hetero) is 1. The average molecular weight is 378 g/mol. The van der Waals surface area contributed by atoms with Gasteiger partial charge in [0.1, 0.15) is 17.7 Å². The number of allylic oxidation sites excluding steroid dienone is 1. The molecule has 0 heterocycles. The van der Waals surface area contributed by atoms with Crippen LogP contribution >= 0.6 is 11.6 Å². The molecule has 0 fully saturated rings. The number of ether oxygens (including phenoxy) is 1. The molecule has 0 spiro atoms. The van der Waals surface area contributed by atoms with Gasteiger partial charge in [-0.25, -0.2) is 4.79 Å². The number of benzene rings is 1. The molecule has 0 aromatic heterocycles. The molecule has 0 saturated carbocycles. The zero-order chi connectivity index (χ0) is 19.9. The van der Waals surface area contributed by atoms with Crippen LogP contribution in [-0.4, -0.2) is 30.3 Å². The summed E-state index contributed by atoms with van der Waals surface area (Å²) in [4.78, 5) is 36.5. The largest absolute Gasteiger partial charge is 0.456 e. The average Bonchev–Trinajstić information content (AvgIpc) is 2.57. The molecule has 0 saturated heterocycles. The Bertz CT molecular complexity index is 777. The Morgan fingerprint density at radius 2 is 1.92 bits per heavy atom. The monoisotopic (exact) mass is 377 g/mol. The number of carbonyl (C=O) groups excluding carboxylic acids is 3. The van der Waals surface area contributed by atoms with E-state index in [2.05, 4.69) is 5.32 Å². The second-order valence-electron chi connectivity index (χ2n) is 5.88. The van der Waals surface area contributed by atoms with Crippen LogP contribution in [0.4, 0.5) is 0 Å². The first-order chi connectivity index (χ1) is 12.2. The van der Waals surface area contributed by atoms with E-state index in [1.54, 1.807) is 38.1 Å². The van der Waals surface area contributed by atoms with Crippen molar-refractivity contribution in [2.45, 2.75) is 26.8 Å². The topological polar surface area (TPSA) is 122 Å². The molecule has 1 atom stereocenters. The highest BCUT2D eigenvalue weighted by Crippen LogP contribution is 2.16. The summed E-state index contributed by atoms with van der Waals surface area (Å²) in [5.74, 6) is -2.33. The maximum absolute atomic E-state index is 12.3. The van der Waals surface area contributed by atoms with E-state index in [0.29, 0.717) is 0 Å². The molecule has 0 aliphatic rings. The van der Waals surface area contributed by atoms with Gasteiger partial charge in [-0.2, -0.15) is 5.26 Å². The first-order valence-electron chi connectivity index (χ1n) is 7.80. The minimum atomic E-state index is -0.986. The number of halogens is 1. The minimum absolute atomic E-state index is 0.0426. The van der Waals surface area contributed by atoms with Crippen molar-refractivity contribution in [3.8, 4) is 6.07 Å². The normalized spacial score (nSPS) is 12.6. The Balaban J connectivity index is 2.81. The van der Waals surface area contributed by atoms with E-state index in [1.165, 1.54) is 13.0 Å². The van der Waals surface area contributed by atoms with Gasteiger partial charge in [0.2, 0.25) is 5.78 Å². The summed E-state index contributed by atoms with van der Waals surface area (Å²) in [6.07, 6.45) is 0. The van der Waals surface area contributed by atoms with Crippen LogP contribution in [0.2, 0.25) is 5.02 Å². The highest BCUT2D eigenvalue weighted by atomic mass is 35.5. The van der Waals surface area contributed by atoms with Crippen molar-refractivity contribution in [2.24, 2.45) is 11.7 Å². The van der Waals surface area contributed by atoms with Gasteiger partial charge in [0.05, 0.1) is 10.6 Å². The molecule has 0 bridgehead atoms. The molecule has 26 heavy (non-hydrogen) atoms. The molecule has 0 aliphatic carbocycles. The summed E-state index contributed by atoms with van der Waals surface area (Å²) in [5.41, 5.74) is 5.43. The quantitative estimate of drug-likeness (QED) is 0.425. The lowest BCUT2D eigenvalue weighted by molar-refractivity contribution is -0.150. The summed E-state index contributed by atoms with van der Waals surface area (Å²) in [6, 6.07) is 7.09. The van der Waals surface area contributed by atoms with Gasteiger partial charge in [-0.15, -0.1) is 0 Å². The Kier molecular flexibility index (Phi) is 7.81. The summed E-state index contributed by atoms with van der Waals surface area (Å²) in [6.45, 7) is 4.19. The van der Waals surface area contributed by atoms with Gasteiger partial charge in [0, 0.05) is 5.70 Å². The summed E-state index contributed by atoms with van der Waals surface area (Å²) in [5, 5.41) is 11.7. The fraction of sp³-hybridized carbons (Fsp3) is 0.333. The predicted octanol–water partition coefficient (Wildman–Crippen LogP) is 1.96. The van der Waals surface area contributed by atoms with Gasteiger partial charge < -0.3 is 15.8 Å². The number of amides is 1. The smallest absolute Gasteiger partial charge is 0.329 e. The first-order valence-corrected chi connectivity index (χ1v) is 8.18. The summed E-state index contributed by atoms with van der Waals surface area (Å²) < 4.78 is 4.95. The van der Waals surface area contributed by atoms with Crippen LogP contribution in [0, 0.1) is 17.2 Å². The number of nitriles is 1. The molecule has 1 amide bonds. The molecule has 0 unspecified atom stereocenters. The van der Waals surface area contributed by atoms with Gasteiger partial charge in [0.25, 0.3) is 5.91 Å². The van der Waals surface area contributed by atoms with Crippen LogP contribution in [-0.2, 0) is 14.3 Å². The molecule has 0 aliphatic heterocycles. The van der Waals surface area contributed by atoms with Crippen LogP contribution in [0.25, 0.3) is 0 Å². The molecule has 1 aromatic rings. The van der Waals surface area contributed by atoms with E-state index in [1.807, 2.05) is 0 Å². The van der Waals surface area contributed by atoms with Gasteiger partial charge in [-0.05, 0) is 25.0 Å². The van der Waals surface area contributed by atoms with E-state index >= 15 is 0 Å². The van der Waals surface area contributed by atoms with E-state index in [-0.39, 0.29) is 27.8 Å². The van der Waals surface area contributed by atoms with Crippen LogP contribution in [0.3, 0.4) is 0 Å². The number of nitrogens with two attached hydrogens (primary N) is 1. The van der Waals surface area contributed by atoms with Gasteiger partial charge in [-0.1, -0.05) is 37.6 Å². The van der Waals surface area contributed by atoms with E-state index in [0.717, 1.165) is 0 Å². The zero-order valence-corrected chi connectivity index (χ0v) is 15.5. The third kappa shape index (κ3) is 5.60. The molecule has 1 aromatic carbocycles. The highest BCUT2D eigenvalue weighted by molar-refractivity contribution is 6.33. The van der Waals surface area contributed by atoms with Crippen LogP contribution < -0.4 is 11.1 Å². The number of carbonyl (C=O) groups is 3. The maximum Gasteiger partial charge on any atom is 0.329 e. The van der Waals surface area contributed by atoms with Crippen molar-refractivity contribution in [1.29, 1.82) is 5.26 Å². The van der Waals surface area contributed by atoms with E-state index in [4.69, 9.17) is 27.3 Å². The molecule has 8 heteroatoms. The number of hydrogen-bond donors (Lipinski definition) is 2. The maximum atomic E-state index is 12.3. The van der Waals surface area contributed by atoms with Crippen LogP contribution in [0.1, 0.15) is 31.1 Å². The Morgan fingerprint density at radius 1 is 1.31 bits per heavy atom. The van der Waals surface area contributed by atoms with E-state index in [9.17, 15) is 14.4 Å². The number of nitrogens with zero attached hydrogens (tertiary/aromatic N) is 1. The van der Waals surface area contributed by atoms with Crippen LogP contribution in [0.15, 0.2) is 35.5 Å². The lowest BCUT2D eigenvalue weighted by Gasteiger charge is -2.21. The number of hydrogen-bond acceptors (Lipinski definition) is 6. The fourth-order valence-corrected chi connectivity index (χ4v) is 2.25. The fourth-order valence-electron chi connectivity index (χ4n) is 2.03. The molecule has 0 radical (unpaired) electrons. The molecule has 138 valence electrons. The lowest BCUT2D eigenvalue weighted by atomic mass is 10.0. The molecular formula is C18H20ClN3O4. The third-order valence-corrected chi connectivity index (χ3v) is 3.79. The SMILES string of the molecule is C/C(N)=C(\C#N)C(=O)COC(=O)[C@@H](NC(=O)c1ccccc1Cl)C(C)C. The second kappa shape index (κ2) is 9.59. The van der Waals surface area contributed by atoms with Crippen molar-refractivity contribution in [3.05, 3.63) is 46.1 Å². The lowest BCUT2D eigenvalue weighted by Crippen LogP contribution is -2.45. The van der Waals surface area contributed by atoms with Gasteiger partial charge in [-0.3, -0.25) is 9.59 Å². The molecular weight excluding hydrogens is 358 g/mol. The third-order valence-electron chi connectivity index (χ3n) is 3.46. The van der Waals surface area contributed by atoms with Crippen molar-refractivity contribution in [1.82, 2.24) is 5.32 Å². The van der Waals surface area contributed by atoms with Crippen LogP contribution in [0.5, 0.6) is 0 Å². The zero-order valence-electron chi connectivity index (χ0n) is 14.7. The number of rotatable bonds is 7. The van der Waals surface area contributed by atoms with E-state index < -0.39 is 30.3 Å². The Hall–Kier alpha value is -2.85. The summed E-state index contributed by atoms with van der Waals surface area (Å²) in [7, 11) is 0. The number of nitrogens with one attached hydrogen (secondary N) is 1. The molecule has 3 N–H and O–H groups in total.